The van der Waals surface area contributed by atoms with E-state index in [0.717, 1.165) is 37.4 Å². The maximum Gasteiger partial charge on any atom is 0.418 e. The number of nitrogens with one attached hydrogen (secondary N) is 1. The van der Waals surface area contributed by atoms with Crippen LogP contribution in [0, 0.1) is 0 Å². The average Bonchev–Trinajstić information content (AvgIpc) is 2.59. The second-order valence-corrected chi connectivity index (χ2v) is 5.25. The van der Waals surface area contributed by atoms with Crippen LogP contribution in [-0.4, -0.2) is 19.0 Å². The Balaban J connectivity index is 2.40. The second-order valence-electron chi connectivity index (χ2n) is 5.25. The number of anilines is 1. The first-order chi connectivity index (χ1) is 12.4. The van der Waals surface area contributed by atoms with Gasteiger partial charge in [0.05, 0.1) is 29.4 Å². The van der Waals surface area contributed by atoms with Crippen LogP contribution < -0.4 is 5.32 Å². The highest BCUT2D eigenvalue weighted by molar-refractivity contribution is 6.07. The Bertz CT molecular complexity index is 856. The van der Waals surface area contributed by atoms with Gasteiger partial charge in [0, 0.05) is 5.69 Å². The summed E-state index contributed by atoms with van der Waals surface area (Å²) in [4.78, 5) is 23.8. The SMILES string of the molecule is COC(=O)c1cccc(C(=O)Nc2ccc(C(F)(F)F)cc2)c1C(F)(F)F. The van der Waals surface area contributed by atoms with Crippen molar-refractivity contribution in [2.24, 2.45) is 0 Å². The molecule has 0 aromatic heterocycles. The zero-order valence-electron chi connectivity index (χ0n) is 13.5. The molecule has 0 fully saturated rings. The lowest BCUT2D eigenvalue weighted by atomic mass is 9.99. The van der Waals surface area contributed by atoms with Crippen molar-refractivity contribution < 1.29 is 40.7 Å². The molecule has 0 radical (unpaired) electrons. The maximum absolute atomic E-state index is 13.4. The first-order valence-electron chi connectivity index (χ1n) is 7.22. The summed E-state index contributed by atoms with van der Waals surface area (Å²) in [6, 6.07) is 5.90. The molecule has 1 amide bonds. The van der Waals surface area contributed by atoms with E-state index in [9.17, 15) is 35.9 Å². The molecule has 144 valence electrons. The van der Waals surface area contributed by atoms with Crippen molar-refractivity contribution in [2.75, 3.05) is 12.4 Å². The van der Waals surface area contributed by atoms with Crippen LogP contribution in [0.3, 0.4) is 0 Å². The molecule has 0 aliphatic rings. The summed E-state index contributed by atoms with van der Waals surface area (Å²) < 4.78 is 82.0. The molecular formula is C17H11F6NO3. The van der Waals surface area contributed by atoms with Crippen molar-refractivity contribution in [3.63, 3.8) is 0 Å². The highest BCUT2D eigenvalue weighted by Gasteiger charge is 2.40. The molecular weight excluding hydrogens is 380 g/mol. The quantitative estimate of drug-likeness (QED) is 0.606. The van der Waals surface area contributed by atoms with Gasteiger partial charge in [0.2, 0.25) is 0 Å². The van der Waals surface area contributed by atoms with Gasteiger partial charge in [-0.25, -0.2) is 4.79 Å². The van der Waals surface area contributed by atoms with E-state index in [-0.39, 0.29) is 5.69 Å². The molecule has 0 saturated heterocycles. The molecule has 0 unspecified atom stereocenters. The Kier molecular flexibility index (Phi) is 5.48. The van der Waals surface area contributed by atoms with Crippen LogP contribution in [-0.2, 0) is 17.1 Å². The number of esters is 1. The molecule has 0 heterocycles. The normalized spacial score (nSPS) is 11.8. The molecule has 2 rings (SSSR count). The van der Waals surface area contributed by atoms with Gasteiger partial charge < -0.3 is 10.1 Å². The van der Waals surface area contributed by atoms with Crippen LogP contribution in [0.5, 0.6) is 0 Å². The van der Waals surface area contributed by atoms with E-state index >= 15 is 0 Å². The fraction of sp³-hybridized carbons (Fsp3) is 0.176. The number of carbonyl (C=O) groups is 2. The summed E-state index contributed by atoms with van der Waals surface area (Å²) in [6.07, 6.45) is -9.64. The van der Waals surface area contributed by atoms with E-state index in [1.807, 2.05) is 0 Å². The predicted octanol–water partition coefficient (Wildman–Crippen LogP) is 4.76. The van der Waals surface area contributed by atoms with Crippen molar-refractivity contribution in [3.05, 3.63) is 64.7 Å². The maximum atomic E-state index is 13.4. The minimum atomic E-state index is -5.04. The molecule has 27 heavy (non-hydrogen) atoms. The lowest BCUT2D eigenvalue weighted by molar-refractivity contribution is -0.138. The Morgan fingerprint density at radius 2 is 1.41 bits per heavy atom. The van der Waals surface area contributed by atoms with Crippen LogP contribution in [0.15, 0.2) is 42.5 Å². The van der Waals surface area contributed by atoms with Crippen molar-refractivity contribution in [2.45, 2.75) is 12.4 Å². The third-order valence-corrected chi connectivity index (χ3v) is 3.47. The summed E-state index contributed by atoms with van der Waals surface area (Å²) in [6.45, 7) is 0. The first-order valence-corrected chi connectivity index (χ1v) is 7.22. The van der Waals surface area contributed by atoms with Gasteiger partial charge in [0.15, 0.2) is 0 Å². The van der Waals surface area contributed by atoms with Crippen molar-refractivity contribution >= 4 is 17.6 Å². The number of benzene rings is 2. The number of hydrogen-bond donors (Lipinski definition) is 1. The Morgan fingerprint density at radius 3 is 1.89 bits per heavy atom. The third kappa shape index (κ3) is 4.57. The van der Waals surface area contributed by atoms with E-state index in [0.29, 0.717) is 12.1 Å². The monoisotopic (exact) mass is 391 g/mol. The zero-order valence-corrected chi connectivity index (χ0v) is 13.5. The van der Waals surface area contributed by atoms with E-state index in [1.165, 1.54) is 0 Å². The molecule has 0 saturated carbocycles. The van der Waals surface area contributed by atoms with Gasteiger partial charge in [-0.3, -0.25) is 4.79 Å². The standard InChI is InChI=1S/C17H11F6NO3/c1-27-15(26)12-4-2-3-11(13(12)17(21,22)23)14(25)24-10-7-5-9(6-8-10)16(18,19)20/h2-8H,1H3,(H,24,25). The molecule has 2 aromatic rings. The number of ether oxygens (including phenoxy) is 1. The number of alkyl halides is 6. The molecule has 1 N–H and O–H groups in total. The second kappa shape index (κ2) is 7.29. The fourth-order valence-corrected chi connectivity index (χ4v) is 2.27. The van der Waals surface area contributed by atoms with Crippen molar-refractivity contribution in [1.82, 2.24) is 0 Å². The molecule has 0 bridgehead atoms. The van der Waals surface area contributed by atoms with E-state index in [2.05, 4.69) is 10.1 Å². The van der Waals surface area contributed by atoms with Crippen LogP contribution in [0.25, 0.3) is 0 Å². The lowest BCUT2D eigenvalue weighted by Crippen LogP contribution is -2.22. The molecule has 2 aromatic carbocycles. The van der Waals surface area contributed by atoms with Crippen LogP contribution >= 0.6 is 0 Å². The van der Waals surface area contributed by atoms with Gasteiger partial charge >= 0.3 is 18.3 Å². The smallest absolute Gasteiger partial charge is 0.418 e. The minimum Gasteiger partial charge on any atom is -0.465 e. The van der Waals surface area contributed by atoms with Crippen LogP contribution in [0.1, 0.15) is 31.8 Å². The Labute approximate surface area is 148 Å². The van der Waals surface area contributed by atoms with E-state index in [4.69, 9.17) is 0 Å². The van der Waals surface area contributed by atoms with Gasteiger partial charge in [-0.2, -0.15) is 26.3 Å². The number of halogens is 6. The highest BCUT2D eigenvalue weighted by Crippen LogP contribution is 2.36. The summed E-state index contributed by atoms with van der Waals surface area (Å²) in [5.41, 5.74) is -4.36. The number of rotatable bonds is 3. The predicted molar refractivity (Wildman–Crippen MR) is 82.2 cm³/mol. The molecule has 4 nitrogen and oxygen atoms in total. The lowest BCUT2D eigenvalue weighted by Gasteiger charge is -2.16. The number of amides is 1. The zero-order chi connectivity index (χ0) is 20.4. The average molecular weight is 391 g/mol. The Hall–Kier alpha value is -3.04. The number of hydrogen-bond acceptors (Lipinski definition) is 3. The van der Waals surface area contributed by atoms with Crippen LogP contribution in [0.4, 0.5) is 32.0 Å². The Morgan fingerprint density at radius 1 is 0.852 bits per heavy atom. The van der Waals surface area contributed by atoms with E-state index in [1.54, 1.807) is 0 Å². The number of methoxy groups -OCH3 is 1. The molecule has 0 aliphatic carbocycles. The third-order valence-electron chi connectivity index (χ3n) is 3.47. The molecule has 0 atom stereocenters. The molecule has 10 heteroatoms. The molecule has 0 aliphatic heterocycles. The summed E-state index contributed by atoms with van der Waals surface area (Å²) in [7, 11) is 0.886. The van der Waals surface area contributed by atoms with Crippen molar-refractivity contribution in [1.29, 1.82) is 0 Å². The number of carbonyl (C=O) groups excluding carboxylic acids is 2. The highest BCUT2D eigenvalue weighted by atomic mass is 19.4. The van der Waals surface area contributed by atoms with Gasteiger partial charge in [-0.1, -0.05) is 6.07 Å². The van der Waals surface area contributed by atoms with Crippen LogP contribution in [0.2, 0.25) is 0 Å². The topological polar surface area (TPSA) is 55.4 Å². The first kappa shape index (κ1) is 20.3. The van der Waals surface area contributed by atoms with Crippen molar-refractivity contribution in [3.8, 4) is 0 Å². The largest absolute Gasteiger partial charge is 0.465 e. The summed E-state index contributed by atoms with van der Waals surface area (Å²) >= 11 is 0. The van der Waals surface area contributed by atoms with E-state index < -0.39 is 46.5 Å². The van der Waals surface area contributed by atoms with Gasteiger partial charge in [0.1, 0.15) is 0 Å². The fourth-order valence-electron chi connectivity index (χ4n) is 2.27. The van der Waals surface area contributed by atoms with Gasteiger partial charge in [0.25, 0.3) is 5.91 Å². The van der Waals surface area contributed by atoms with Gasteiger partial charge in [-0.05, 0) is 36.4 Å². The summed E-state index contributed by atoms with van der Waals surface area (Å²) in [5, 5.41) is 2.08. The van der Waals surface area contributed by atoms with Gasteiger partial charge in [-0.15, -0.1) is 0 Å². The summed E-state index contributed by atoms with van der Waals surface area (Å²) in [5.74, 6) is -2.53. The minimum absolute atomic E-state index is 0.149. The molecule has 0 spiro atoms.